The first-order valence-electron chi connectivity index (χ1n) is 7.45. The predicted octanol–water partition coefficient (Wildman–Crippen LogP) is 2.97. The summed E-state index contributed by atoms with van der Waals surface area (Å²) < 4.78 is 14.4. The van der Waals surface area contributed by atoms with Gasteiger partial charge in [0, 0.05) is 11.6 Å². The molecule has 24 heavy (non-hydrogen) atoms. The van der Waals surface area contributed by atoms with Crippen LogP contribution in [0.25, 0.3) is 22.3 Å². The topological polar surface area (TPSA) is 63.6 Å². The number of imidazole rings is 1. The zero-order chi connectivity index (χ0) is 16.5. The van der Waals surface area contributed by atoms with Crippen LogP contribution in [0.4, 0.5) is 4.39 Å². The van der Waals surface area contributed by atoms with E-state index in [0.29, 0.717) is 12.2 Å². The van der Waals surface area contributed by atoms with Crippen LogP contribution in [0.1, 0.15) is 5.56 Å². The van der Waals surface area contributed by atoms with Crippen molar-refractivity contribution < 1.29 is 4.39 Å². The molecule has 4 rings (SSSR count). The third kappa shape index (κ3) is 2.69. The summed E-state index contributed by atoms with van der Waals surface area (Å²) in [5.74, 6) is -0.306. The highest BCUT2D eigenvalue weighted by Gasteiger charge is 2.06. The van der Waals surface area contributed by atoms with Gasteiger partial charge in [-0.15, -0.1) is 0 Å². The summed E-state index contributed by atoms with van der Waals surface area (Å²) in [4.78, 5) is 19.3. The Morgan fingerprint density at radius 2 is 1.88 bits per heavy atom. The lowest BCUT2D eigenvalue weighted by atomic mass is 10.1. The van der Waals surface area contributed by atoms with Gasteiger partial charge in [0.1, 0.15) is 5.82 Å². The van der Waals surface area contributed by atoms with Crippen LogP contribution in [0.2, 0.25) is 0 Å². The molecule has 4 aromatic rings. The average Bonchev–Trinajstić information content (AvgIpc) is 3.05. The van der Waals surface area contributed by atoms with Gasteiger partial charge in [-0.3, -0.25) is 4.79 Å². The molecule has 2 heterocycles. The van der Waals surface area contributed by atoms with Gasteiger partial charge >= 0.3 is 0 Å². The van der Waals surface area contributed by atoms with E-state index in [2.05, 4.69) is 15.1 Å². The van der Waals surface area contributed by atoms with Crippen molar-refractivity contribution in [2.24, 2.45) is 0 Å². The fourth-order valence-corrected chi connectivity index (χ4v) is 2.59. The van der Waals surface area contributed by atoms with Gasteiger partial charge < -0.3 is 4.98 Å². The van der Waals surface area contributed by atoms with Crippen molar-refractivity contribution in [1.29, 1.82) is 0 Å². The number of halogens is 1. The molecule has 0 saturated heterocycles. The van der Waals surface area contributed by atoms with E-state index < -0.39 is 0 Å². The third-order valence-electron chi connectivity index (χ3n) is 3.82. The Balaban J connectivity index is 1.70. The molecule has 0 spiro atoms. The zero-order valence-corrected chi connectivity index (χ0v) is 12.6. The molecule has 5 nitrogen and oxygen atoms in total. The van der Waals surface area contributed by atoms with Crippen LogP contribution in [0.15, 0.2) is 65.7 Å². The molecule has 0 bridgehead atoms. The first-order chi connectivity index (χ1) is 11.7. The molecule has 0 aliphatic heterocycles. The van der Waals surface area contributed by atoms with Crippen molar-refractivity contribution in [3.8, 4) is 11.3 Å². The minimum absolute atomic E-state index is 0.189. The van der Waals surface area contributed by atoms with Gasteiger partial charge in [0.05, 0.1) is 29.6 Å². The zero-order valence-electron chi connectivity index (χ0n) is 12.6. The number of H-pyrrole nitrogens is 1. The smallest absolute Gasteiger partial charge is 0.267 e. The number of rotatable bonds is 3. The van der Waals surface area contributed by atoms with Crippen molar-refractivity contribution in [3.63, 3.8) is 0 Å². The Morgan fingerprint density at radius 3 is 2.71 bits per heavy atom. The maximum Gasteiger partial charge on any atom is 0.267 e. The molecule has 0 fully saturated rings. The van der Waals surface area contributed by atoms with Crippen molar-refractivity contribution in [3.05, 3.63) is 82.7 Å². The molecular weight excluding hydrogens is 307 g/mol. The van der Waals surface area contributed by atoms with E-state index in [-0.39, 0.29) is 11.4 Å². The fourth-order valence-electron chi connectivity index (χ4n) is 2.59. The molecule has 2 aromatic carbocycles. The summed E-state index contributed by atoms with van der Waals surface area (Å²) in [6, 6.07) is 14.9. The molecule has 0 unspecified atom stereocenters. The summed E-state index contributed by atoms with van der Waals surface area (Å²) in [6.45, 7) is 0.350. The highest BCUT2D eigenvalue weighted by Crippen LogP contribution is 2.16. The van der Waals surface area contributed by atoms with Crippen LogP contribution in [0.5, 0.6) is 0 Å². The quantitative estimate of drug-likeness (QED) is 0.631. The molecule has 0 amide bonds. The lowest BCUT2D eigenvalue weighted by Crippen LogP contribution is -2.22. The molecule has 0 saturated carbocycles. The molecule has 2 aromatic heterocycles. The van der Waals surface area contributed by atoms with Crippen molar-refractivity contribution in [1.82, 2.24) is 19.7 Å². The monoisotopic (exact) mass is 320 g/mol. The van der Waals surface area contributed by atoms with Crippen molar-refractivity contribution in [2.75, 3.05) is 0 Å². The summed E-state index contributed by atoms with van der Waals surface area (Å²) in [5, 5.41) is 4.39. The van der Waals surface area contributed by atoms with Gasteiger partial charge in [0.25, 0.3) is 5.56 Å². The van der Waals surface area contributed by atoms with E-state index in [1.54, 1.807) is 24.5 Å². The lowest BCUT2D eigenvalue weighted by Gasteiger charge is -2.07. The maximum absolute atomic E-state index is 13.1. The van der Waals surface area contributed by atoms with Crippen LogP contribution in [0.3, 0.4) is 0 Å². The van der Waals surface area contributed by atoms with Gasteiger partial charge in [0.2, 0.25) is 0 Å². The van der Waals surface area contributed by atoms with E-state index in [0.717, 1.165) is 22.2 Å². The predicted molar refractivity (Wildman–Crippen MR) is 89.1 cm³/mol. The summed E-state index contributed by atoms with van der Waals surface area (Å²) in [7, 11) is 0. The molecule has 0 aliphatic rings. The third-order valence-corrected chi connectivity index (χ3v) is 3.82. The summed E-state index contributed by atoms with van der Waals surface area (Å²) in [5.41, 5.74) is 3.92. The van der Waals surface area contributed by atoms with Gasteiger partial charge in [-0.05, 0) is 48.0 Å². The number of nitrogens with one attached hydrogen (secondary N) is 1. The first-order valence-corrected chi connectivity index (χ1v) is 7.45. The van der Waals surface area contributed by atoms with Gasteiger partial charge in [-0.25, -0.2) is 14.1 Å². The average molecular weight is 320 g/mol. The second kappa shape index (κ2) is 5.73. The Bertz CT molecular complexity index is 1070. The summed E-state index contributed by atoms with van der Waals surface area (Å²) in [6.07, 6.45) is 1.63. The second-order valence-electron chi connectivity index (χ2n) is 5.48. The fraction of sp³-hybridized carbons (Fsp3) is 0.0556. The maximum atomic E-state index is 13.1. The first kappa shape index (κ1) is 14.3. The number of nitrogens with zero attached hydrogens (tertiary/aromatic N) is 3. The molecular formula is C18H13FN4O. The second-order valence-corrected chi connectivity index (χ2v) is 5.48. The highest BCUT2D eigenvalue weighted by atomic mass is 19.1. The Morgan fingerprint density at radius 1 is 1.04 bits per heavy atom. The van der Waals surface area contributed by atoms with Crippen LogP contribution in [0, 0.1) is 5.82 Å². The summed E-state index contributed by atoms with van der Waals surface area (Å²) >= 11 is 0. The molecule has 0 atom stereocenters. The number of aromatic amines is 1. The van der Waals surface area contributed by atoms with E-state index in [1.165, 1.54) is 22.9 Å². The molecule has 0 radical (unpaired) electrons. The SMILES string of the molecule is O=c1ccc(-c2ccc(F)cc2)nn1Cc1ccc2nc[nH]c2c1. The van der Waals surface area contributed by atoms with Crippen molar-refractivity contribution >= 4 is 11.0 Å². The van der Waals surface area contributed by atoms with Crippen LogP contribution in [-0.4, -0.2) is 19.7 Å². The standard InChI is InChI=1S/C18H13FN4O/c19-14-4-2-13(3-5-14)15-7-8-18(24)23(22-15)10-12-1-6-16-17(9-12)21-11-20-16/h1-9,11H,10H2,(H,20,21). The Labute approximate surface area is 136 Å². The van der Waals surface area contributed by atoms with E-state index in [1.807, 2.05) is 18.2 Å². The minimum Gasteiger partial charge on any atom is -0.345 e. The van der Waals surface area contributed by atoms with Crippen LogP contribution in [-0.2, 0) is 6.54 Å². The van der Waals surface area contributed by atoms with Crippen molar-refractivity contribution in [2.45, 2.75) is 6.54 Å². The van der Waals surface area contributed by atoms with Gasteiger partial charge in [-0.2, -0.15) is 5.10 Å². The molecule has 1 N–H and O–H groups in total. The van der Waals surface area contributed by atoms with E-state index in [4.69, 9.17) is 0 Å². The molecule has 0 aliphatic carbocycles. The Kier molecular flexibility index (Phi) is 3.42. The normalized spacial score (nSPS) is 11.0. The number of aromatic nitrogens is 4. The number of hydrogen-bond donors (Lipinski definition) is 1. The number of benzene rings is 2. The van der Waals surface area contributed by atoms with E-state index >= 15 is 0 Å². The van der Waals surface area contributed by atoms with Gasteiger partial charge in [0.15, 0.2) is 0 Å². The number of hydrogen-bond acceptors (Lipinski definition) is 3. The van der Waals surface area contributed by atoms with Crippen LogP contribution < -0.4 is 5.56 Å². The lowest BCUT2D eigenvalue weighted by molar-refractivity contribution is 0.627. The van der Waals surface area contributed by atoms with Crippen LogP contribution >= 0.6 is 0 Å². The molecule has 6 heteroatoms. The number of fused-ring (bicyclic) bond motifs is 1. The highest BCUT2D eigenvalue weighted by molar-refractivity contribution is 5.75. The minimum atomic E-state index is -0.306. The molecule has 118 valence electrons. The van der Waals surface area contributed by atoms with Gasteiger partial charge in [-0.1, -0.05) is 6.07 Å². The Hall–Kier alpha value is -3.28. The van der Waals surface area contributed by atoms with E-state index in [9.17, 15) is 9.18 Å². The largest absolute Gasteiger partial charge is 0.345 e.